The van der Waals surface area contributed by atoms with Crippen molar-refractivity contribution >= 4 is 22.8 Å². The van der Waals surface area contributed by atoms with Crippen molar-refractivity contribution in [3.05, 3.63) is 93.6 Å². The fourth-order valence-electron chi connectivity index (χ4n) is 5.09. The Balaban J connectivity index is 1.71. The van der Waals surface area contributed by atoms with E-state index in [2.05, 4.69) is 0 Å². The number of carbonyl (C=O) groups is 2. The fourth-order valence-corrected chi connectivity index (χ4v) is 5.09. The first-order valence-corrected chi connectivity index (χ1v) is 12.5. The van der Waals surface area contributed by atoms with Gasteiger partial charge in [-0.1, -0.05) is 42.5 Å². The van der Waals surface area contributed by atoms with Crippen molar-refractivity contribution in [2.24, 2.45) is 0 Å². The molecule has 0 unspecified atom stereocenters. The molecule has 0 spiro atoms. The number of amides is 1. The van der Waals surface area contributed by atoms with Crippen LogP contribution >= 0.6 is 0 Å². The minimum Gasteiger partial charge on any atom is -0.507 e. The molecule has 0 saturated carbocycles. The lowest BCUT2D eigenvalue weighted by molar-refractivity contribution is -0.132. The molecule has 1 saturated heterocycles. The lowest BCUT2D eigenvalue weighted by atomic mass is 9.85. The van der Waals surface area contributed by atoms with E-state index in [-0.39, 0.29) is 45.9 Å². The first-order chi connectivity index (χ1) is 18.3. The molecule has 0 aliphatic carbocycles. The second kappa shape index (κ2) is 10.4. The topological polar surface area (TPSA) is 128 Å². The highest BCUT2D eigenvalue weighted by Crippen LogP contribution is 2.43. The highest BCUT2D eigenvalue weighted by Gasteiger charge is 2.30. The zero-order valence-electron chi connectivity index (χ0n) is 20.6. The van der Waals surface area contributed by atoms with Crippen LogP contribution in [0.1, 0.15) is 53.1 Å². The third-order valence-corrected chi connectivity index (χ3v) is 7.05. The number of rotatable bonds is 6. The lowest BCUT2D eigenvalue weighted by Crippen LogP contribution is -2.36. The minimum absolute atomic E-state index is 0.0207. The molecule has 3 aromatic carbocycles. The summed E-state index contributed by atoms with van der Waals surface area (Å²) in [4.78, 5) is 39.8. The number of aromatic carboxylic acids is 1. The number of likely N-dealkylation sites (tertiary alicyclic amines) is 1. The summed E-state index contributed by atoms with van der Waals surface area (Å²) < 4.78 is 6.17. The van der Waals surface area contributed by atoms with Crippen LogP contribution in [0.4, 0.5) is 0 Å². The van der Waals surface area contributed by atoms with E-state index in [4.69, 9.17) is 4.42 Å². The van der Waals surface area contributed by atoms with Gasteiger partial charge in [-0.25, -0.2) is 4.79 Å². The largest absolute Gasteiger partial charge is 0.507 e. The molecule has 1 aromatic heterocycles. The number of phenolic OH excluding ortho intramolecular Hbond substituents is 2. The SMILES string of the molecule is O=C(O)c1ccc([C@@H](CC(=O)N2CCCCC2)c2c(O)cc(O)c3c(=O)cc(-c4ccccc4)oc23)cc1. The van der Waals surface area contributed by atoms with E-state index >= 15 is 0 Å². The molecule has 1 aliphatic rings. The number of nitrogens with zero attached hydrogens (tertiary/aromatic N) is 1. The van der Waals surface area contributed by atoms with Gasteiger partial charge in [-0.2, -0.15) is 0 Å². The highest BCUT2D eigenvalue weighted by molar-refractivity contribution is 5.91. The number of piperidine rings is 1. The summed E-state index contributed by atoms with van der Waals surface area (Å²) in [6.07, 6.45) is 2.83. The molecule has 38 heavy (non-hydrogen) atoms. The number of hydrogen-bond acceptors (Lipinski definition) is 6. The van der Waals surface area contributed by atoms with Crippen LogP contribution in [0.25, 0.3) is 22.3 Å². The standard InChI is InChI=1S/C30H27NO7/c32-22-16-23(33)28-24(34)17-25(19-7-3-1-4-8-19)38-29(28)27(22)21(15-26(35)31-13-5-2-6-14-31)18-9-11-20(12-10-18)30(36)37/h1,3-4,7-12,16-17,21,32-33H,2,5-6,13-15H2,(H,36,37)/t21-/m1/s1. The van der Waals surface area contributed by atoms with Crippen molar-refractivity contribution < 1.29 is 29.3 Å². The maximum Gasteiger partial charge on any atom is 0.335 e. The van der Waals surface area contributed by atoms with Crippen LogP contribution in [-0.4, -0.2) is 45.2 Å². The lowest BCUT2D eigenvalue weighted by Gasteiger charge is -2.29. The molecule has 0 radical (unpaired) electrons. The number of carbonyl (C=O) groups excluding carboxylic acids is 1. The Morgan fingerprint density at radius 3 is 2.24 bits per heavy atom. The molecule has 194 valence electrons. The van der Waals surface area contributed by atoms with Crippen LogP contribution in [0.5, 0.6) is 11.5 Å². The van der Waals surface area contributed by atoms with Gasteiger partial charge in [0.15, 0.2) is 5.43 Å². The first kappa shape index (κ1) is 25.1. The Morgan fingerprint density at radius 1 is 0.895 bits per heavy atom. The van der Waals surface area contributed by atoms with Gasteiger partial charge in [0.2, 0.25) is 5.91 Å². The Morgan fingerprint density at radius 2 is 1.58 bits per heavy atom. The van der Waals surface area contributed by atoms with E-state index in [0.29, 0.717) is 24.2 Å². The van der Waals surface area contributed by atoms with E-state index in [1.807, 2.05) is 6.07 Å². The van der Waals surface area contributed by atoms with Crippen molar-refractivity contribution in [1.29, 1.82) is 0 Å². The Hall–Kier alpha value is -4.59. The average molecular weight is 514 g/mol. The van der Waals surface area contributed by atoms with Gasteiger partial charge in [0.1, 0.15) is 28.2 Å². The van der Waals surface area contributed by atoms with Gasteiger partial charge in [-0.05, 0) is 37.0 Å². The molecular weight excluding hydrogens is 486 g/mol. The zero-order valence-corrected chi connectivity index (χ0v) is 20.6. The van der Waals surface area contributed by atoms with Crippen molar-refractivity contribution in [3.63, 3.8) is 0 Å². The normalized spacial score (nSPS) is 14.4. The Kier molecular flexibility index (Phi) is 6.87. The molecule has 4 aromatic rings. The molecule has 5 rings (SSSR count). The average Bonchev–Trinajstić information content (AvgIpc) is 2.93. The molecule has 2 heterocycles. The quantitative estimate of drug-likeness (QED) is 0.327. The Labute approximate surface area is 218 Å². The summed E-state index contributed by atoms with van der Waals surface area (Å²) in [6.45, 7) is 1.28. The predicted molar refractivity (Wildman–Crippen MR) is 142 cm³/mol. The van der Waals surface area contributed by atoms with E-state index in [1.165, 1.54) is 18.2 Å². The molecule has 1 amide bonds. The van der Waals surface area contributed by atoms with Gasteiger partial charge in [-0.3, -0.25) is 9.59 Å². The molecule has 1 aliphatic heterocycles. The molecule has 1 atom stereocenters. The number of phenols is 2. The first-order valence-electron chi connectivity index (χ1n) is 12.5. The van der Waals surface area contributed by atoms with Crippen LogP contribution in [-0.2, 0) is 4.79 Å². The van der Waals surface area contributed by atoms with E-state index < -0.39 is 23.1 Å². The Bertz CT molecular complexity index is 1550. The monoisotopic (exact) mass is 513 g/mol. The molecule has 8 heteroatoms. The van der Waals surface area contributed by atoms with Crippen molar-refractivity contribution in [2.45, 2.75) is 31.6 Å². The zero-order chi connectivity index (χ0) is 26.8. The summed E-state index contributed by atoms with van der Waals surface area (Å²) in [5.41, 5.74) is 0.940. The molecule has 3 N–H and O–H groups in total. The summed E-state index contributed by atoms with van der Waals surface area (Å²) in [7, 11) is 0. The van der Waals surface area contributed by atoms with Crippen LogP contribution in [0, 0.1) is 0 Å². The number of benzene rings is 3. The fraction of sp³-hybridized carbons (Fsp3) is 0.233. The second-order valence-corrected chi connectivity index (χ2v) is 9.50. The van der Waals surface area contributed by atoms with Crippen molar-refractivity contribution in [1.82, 2.24) is 4.90 Å². The predicted octanol–water partition coefficient (Wildman–Crippen LogP) is 5.10. The molecule has 1 fully saturated rings. The van der Waals surface area contributed by atoms with Gasteiger partial charge < -0.3 is 24.6 Å². The van der Waals surface area contributed by atoms with Crippen LogP contribution in [0.2, 0.25) is 0 Å². The van der Waals surface area contributed by atoms with Crippen LogP contribution in [0.3, 0.4) is 0 Å². The van der Waals surface area contributed by atoms with Crippen LogP contribution < -0.4 is 5.43 Å². The summed E-state index contributed by atoms with van der Waals surface area (Å²) in [5.74, 6) is -2.51. The number of aromatic hydroxyl groups is 2. The minimum atomic E-state index is -1.09. The van der Waals surface area contributed by atoms with E-state index in [1.54, 1.807) is 41.3 Å². The maximum absolute atomic E-state index is 13.4. The summed E-state index contributed by atoms with van der Waals surface area (Å²) in [6, 6.07) is 17.4. The third kappa shape index (κ3) is 4.85. The summed E-state index contributed by atoms with van der Waals surface area (Å²) in [5, 5.41) is 30.9. The van der Waals surface area contributed by atoms with E-state index in [9.17, 15) is 29.7 Å². The summed E-state index contributed by atoms with van der Waals surface area (Å²) >= 11 is 0. The van der Waals surface area contributed by atoms with Gasteiger partial charge in [0.25, 0.3) is 0 Å². The van der Waals surface area contributed by atoms with Gasteiger partial charge in [0.05, 0.1) is 5.56 Å². The number of carboxylic acids is 1. The van der Waals surface area contributed by atoms with Crippen molar-refractivity contribution in [3.8, 4) is 22.8 Å². The van der Waals surface area contributed by atoms with Gasteiger partial charge in [-0.15, -0.1) is 0 Å². The van der Waals surface area contributed by atoms with Gasteiger partial charge >= 0.3 is 5.97 Å². The molecule has 8 nitrogen and oxygen atoms in total. The molecular formula is C30H27NO7. The van der Waals surface area contributed by atoms with Crippen molar-refractivity contribution in [2.75, 3.05) is 13.1 Å². The highest BCUT2D eigenvalue weighted by atomic mass is 16.4. The van der Waals surface area contributed by atoms with Crippen LogP contribution in [0.15, 0.2) is 75.9 Å². The number of fused-ring (bicyclic) bond motifs is 1. The second-order valence-electron chi connectivity index (χ2n) is 9.50. The number of carboxylic acid groups (broad SMARTS) is 1. The number of hydrogen-bond donors (Lipinski definition) is 3. The van der Waals surface area contributed by atoms with E-state index in [0.717, 1.165) is 25.3 Å². The molecule has 0 bridgehead atoms. The van der Waals surface area contributed by atoms with Gasteiger partial charge in [0, 0.05) is 48.7 Å². The third-order valence-electron chi connectivity index (χ3n) is 7.05. The smallest absolute Gasteiger partial charge is 0.335 e. The maximum atomic E-state index is 13.4.